The summed E-state index contributed by atoms with van der Waals surface area (Å²) in [6, 6.07) is 10.8. The molecule has 0 bridgehead atoms. The molecule has 3 rings (SSSR count). The van der Waals surface area contributed by atoms with Crippen molar-refractivity contribution in [3.8, 4) is 5.75 Å². The van der Waals surface area contributed by atoms with Crippen molar-refractivity contribution in [1.29, 1.82) is 0 Å². The number of hydrogen-bond acceptors (Lipinski definition) is 2. The lowest BCUT2D eigenvalue weighted by Crippen LogP contribution is -2.06. The van der Waals surface area contributed by atoms with Gasteiger partial charge in [0.05, 0.1) is 12.3 Å². The Morgan fingerprint density at radius 1 is 1.14 bits per heavy atom. The second kappa shape index (κ2) is 6.41. The minimum absolute atomic E-state index is 0.820. The van der Waals surface area contributed by atoms with Crippen LogP contribution in [0.3, 0.4) is 0 Å². The van der Waals surface area contributed by atoms with E-state index in [0.29, 0.717) is 0 Å². The molecule has 0 amide bonds. The van der Waals surface area contributed by atoms with E-state index >= 15 is 0 Å². The van der Waals surface area contributed by atoms with Crippen LogP contribution in [0.4, 0.5) is 5.69 Å². The topological polar surface area (TPSA) is 21.3 Å². The molecule has 0 spiro atoms. The number of fused-ring (bicyclic) bond motifs is 1. The van der Waals surface area contributed by atoms with Gasteiger partial charge in [-0.3, -0.25) is 0 Å². The van der Waals surface area contributed by atoms with E-state index in [1.165, 1.54) is 16.7 Å². The zero-order chi connectivity index (χ0) is 14.8. The van der Waals surface area contributed by atoms with Gasteiger partial charge in [-0.2, -0.15) is 0 Å². The molecule has 21 heavy (non-hydrogen) atoms. The van der Waals surface area contributed by atoms with Gasteiger partial charge in [0.2, 0.25) is 0 Å². The van der Waals surface area contributed by atoms with Crippen molar-refractivity contribution in [2.24, 2.45) is 0 Å². The summed E-state index contributed by atoms with van der Waals surface area (Å²) in [7, 11) is 0. The van der Waals surface area contributed by atoms with Gasteiger partial charge in [-0.05, 0) is 80.1 Å². The third-order valence-electron chi connectivity index (χ3n) is 3.66. The average Bonchev–Trinajstić information content (AvgIpc) is 2.89. The predicted molar refractivity (Wildman–Crippen MR) is 94.4 cm³/mol. The van der Waals surface area contributed by atoms with Crippen LogP contribution in [0.25, 0.3) is 0 Å². The summed E-state index contributed by atoms with van der Waals surface area (Å²) in [5, 5.41) is 3.50. The normalized spacial score (nSPS) is 12.9. The molecule has 1 heterocycles. The highest BCUT2D eigenvalue weighted by atomic mass is 79.9. The van der Waals surface area contributed by atoms with Gasteiger partial charge < -0.3 is 10.1 Å². The molecule has 0 unspecified atom stereocenters. The summed E-state index contributed by atoms with van der Waals surface area (Å²) >= 11 is 7.23. The van der Waals surface area contributed by atoms with Gasteiger partial charge in [0.25, 0.3) is 0 Å². The quantitative estimate of drug-likeness (QED) is 0.756. The highest BCUT2D eigenvalue weighted by Crippen LogP contribution is 2.32. The molecule has 4 heteroatoms. The summed E-state index contributed by atoms with van der Waals surface area (Å²) in [5.74, 6) is 1.05. The number of rotatable bonds is 4. The summed E-state index contributed by atoms with van der Waals surface area (Å²) in [6.07, 6.45) is 2.03. The summed E-state index contributed by atoms with van der Waals surface area (Å²) < 4.78 is 7.73. The second-order valence-corrected chi connectivity index (χ2v) is 7.03. The molecular formula is C17H17Br2NO. The summed E-state index contributed by atoms with van der Waals surface area (Å²) in [4.78, 5) is 0. The first-order valence-corrected chi connectivity index (χ1v) is 8.66. The van der Waals surface area contributed by atoms with Gasteiger partial charge in [0.15, 0.2) is 0 Å². The van der Waals surface area contributed by atoms with Crippen molar-refractivity contribution < 1.29 is 4.74 Å². The van der Waals surface area contributed by atoms with Crippen LogP contribution in [0.1, 0.15) is 16.7 Å². The Bertz CT molecular complexity index is 647. The Hall–Kier alpha value is -1.00. The number of nitrogens with one attached hydrogen (secondary N) is 1. The zero-order valence-electron chi connectivity index (χ0n) is 11.9. The number of hydrogen-bond donors (Lipinski definition) is 1. The molecule has 0 saturated carbocycles. The van der Waals surface area contributed by atoms with Gasteiger partial charge in [0, 0.05) is 21.9 Å². The van der Waals surface area contributed by atoms with Gasteiger partial charge >= 0.3 is 0 Å². The third kappa shape index (κ3) is 3.43. The van der Waals surface area contributed by atoms with Crippen molar-refractivity contribution in [3.05, 3.63) is 56.0 Å². The van der Waals surface area contributed by atoms with E-state index in [1.807, 2.05) is 0 Å². The van der Waals surface area contributed by atoms with Crippen LogP contribution < -0.4 is 10.1 Å². The van der Waals surface area contributed by atoms with Gasteiger partial charge in [-0.15, -0.1) is 0 Å². The summed E-state index contributed by atoms with van der Waals surface area (Å²) in [5.41, 5.74) is 5.04. The lowest BCUT2D eigenvalue weighted by atomic mass is 10.1. The summed E-state index contributed by atoms with van der Waals surface area (Å²) in [6.45, 7) is 3.81. The fourth-order valence-electron chi connectivity index (χ4n) is 2.60. The minimum atomic E-state index is 0.820. The van der Waals surface area contributed by atoms with Crippen LogP contribution >= 0.6 is 31.9 Å². The number of anilines is 1. The molecule has 2 aromatic carbocycles. The van der Waals surface area contributed by atoms with Crippen LogP contribution in [0, 0.1) is 6.92 Å². The maximum atomic E-state index is 5.54. The molecular weight excluding hydrogens is 394 g/mol. The van der Waals surface area contributed by atoms with Gasteiger partial charge in [-0.25, -0.2) is 0 Å². The molecule has 0 aromatic heterocycles. The van der Waals surface area contributed by atoms with E-state index in [4.69, 9.17) is 4.74 Å². The van der Waals surface area contributed by atoms with Crippen molar-refractivity contribution in [2.75, 3.05) is 18.5 Å². The molecule has 2 aromatic rings. The largest absolute Gasteiger partial charge is 0.493 e. The molecule has 0 fully saturated rings. The molecule has 2 nitrogen and oxygen atoms in total. The van der Waals surface area contributed by atoms with E-state index in [1.54, 1.807) is 0 Å². The Morgan fingerprint density at radius 3 is 2.67 bits per heavy atom. The molecule has 1 N–H and O–H groups in total. The maximum Gasteiger partial charge on any atom is 0.122 e. The van der Waals surface area contributed by atoms with E-state index in [-0.39, 0.29) is 0 Å². The first-order valence-electron chi connectivity index (χ1n) is 7.07. The van der Waals surface area contributed by atoms with Crippen LogP contribution in [0.5, 0.6) is 5.75 Å². The molecule has 0 aliphatic carbocycles. The molecule has 0 atom stereocenters. The van der Waals surface area contributed by atoms with E-state index in [2.05, 4.69) is 74.4 Å². The van der Waals surface area contributed by atoms with Crippen LogP contribution in [0.2, 0.25) is 0 Å². The highest BCUT2D eigenvalue weighted by molar-refractivity contribution is 9.11. The first kappa shape index (κ1) is 14.9. The first-order chi connectivity index (χ1) is 10.1. The fraction of sp³-hybridized carbons (Fsp3) is 0.294. The van der Waals surface area contributed by atoms with Crippen molar-refractivity contribution in [1.82, 2.24) is 0 Å². The monoisotopic (exact) mass is 409 g/mol. The van der Waals surface area contributed by atoms with Crippen molar-refractivity contribution in [2.45, 2.75) is 19.8 Å². The Kier molecular flexibility index (Phi) is 4.55. The molecule has 0 radical (unpaired) electrons. The smallest absolute Gasteiger partial charge is 0.122 e. The lowest BCUT2D eigenvalue weighted by molar-refractivity contribution is 0.357. The van der Waals surface area contributed by atoms with Crippen LogP contribution in [0.15, 0.2) is 39.3 Å². The Morgan fingerprint density at radius 2 is 1.90 bits per heavy atom. The molecule has 1 aliphatic rings. The lowest BCUT2D eigenvalue weighted by Gasteiger charge is -2.12. The van der Waals surface area contributed by atoms with Gasteiger partial charge in [0.1, 0.15) is 5.75 Å². The third-order valence-corrected chi connectivity index (χ3v) is 4.91. The van der Waals surface area contributed by atoms with Crippen molar-refractivity contribution in [3.63, 3.8) is 0 Å². The van der Waals surface area contributed by atoms with E-state index in [9.17, 15) is 0 Å². The number of benzene rings is 2. The standard InChI is InChI=1S/C17H17Br2NO/c1-11-8-14(18)17(15(19)9-11)20-6-4-12-2-3-16-13(10-12)5-7-21-16/h2-3,8-10,20H,4-7H2,1H3. The SMILES string of the molecule is Cc1cc(Br)c(NCCc2ccc3c(c2)CCO3)c(Br)c1. The van der Waals surface area contributed by atoms with E-state index < -0.39 is 0 Å². The average molecular weight is 411 g/mol. The Balaban J connectivity index is 1.64. The fourth-order valence-corrected chi connectivity index (χ4v) is 4.29. The zero-order valence-corrected chi connectivity index (χ0v) is 15.1. The molecule has 1 aliphatic heterocycles. The predicted octanol–water partition coefficient (Wildman–Crippen LogP) is 5.11. The van der Waals surface area contributed by atoms with Gasteiger partial charge in [-0.1, -0.05) is 12.1 Å². The van der Waals surface area contributed by atoms with E-state index in [0.717, 1.165) is 46.4 Å². The van der Waals surface area contributed by atoms with Crippen LogP contribution in [-0.2, 0) is 12.8 Å². The van der Waals surface area contributed by atoms with Crippen molar-refractivity contribution >= 4 is 37.5 Å². The number of aryl methyl sites for hydroxylation is 1. The highest BCUT2D eigenvalue weighted by Gasteiger charge is 2.12. The number of ether oxygens (including phenoxy) is 1. The van der Waals surface area contributed by atoms with Crippen LogP contribution in [-0.4, -0.2) is 13.2 Å². The minimum Gasteiger partial charge on any atom is -0.493 e. The molecule has 0 saturated heterocycles. The maximum absolute atomic E-state index is 5.54. The number of halogens is 2. The molecule has 110 valence electrons. The second-order valence-electron chi connectivity index (χ2n) is 5.32. The Labute approximate surface area is 142 Å².